The fourth-order valence-electron chi connectivity index (χ4n) is 2.34. The molecule has 0 bridgehead atoms. The highest BCUT2D eigenvalue weighted by Gasteiger charge is 2.19. The van der Waals surface area contributed by atoms with Crippen LogP contribution in [0.25, 0.3) is 0 Å². The zero-order valence-corrected chi connectivity index (χ0v) is 10.8. The normalized spacial score (nSPS) is 15.5. The summed E-state index contributed by atoms with van der Waals surface area (Å²) in [6.07, 6.45) is 3.41. The van der Waals surface area contributed by atoms with E-state index in [1.807, 2.05) is 4.90 Å². The van der Waals surface area contributed by atoms with Gasteiger partial charge in [0.15, 0.2) is 0 Å². The molecule has 0 amide bonds. The van der Waals surface area contributed by atoms with Crippen LogP contribution in [0.3, 0.4) is 0 Å². The van der Waals surface area contributed by atoms with Crippen molar-refractivity contribution < 1.29 is 8.78 Å². The lowest BCUT2D eigenvalue weighted by atomic mass is 10.2. The first kappa shape index (κ1) is 12.8. The van der Waals surface area contributed by atoms with Gasteiger partial charge in [0.2, 0.25) is 5.95 Å². The molecule has 4 nitrogen and oxygen atoms in total. The Balaban J connectivity index is 1.69. The van der Waals surface area contributed by atoms with Gasteiger partial charge in [-0.05, 0) is 18.2 Å². The zero-order valence-electron chi connectivity index (χ0n) is 10.8. The summed E-state index contributed by atoms with van der Waals surface area (Å²) in [5, 5.41) is 0. The summed E-state index contributed by atoms with van der Waals surface area (Å²) >= 11 is 0. The molecule has 1 aliphatic heterocycles. The van der Waals surface area contributed by atoms with Gasteiger partial charge in [0, 0.05) is 50.3 Å². The van der Waals surface area contributed by atoms with Crippen LogP contribution in [-0.4, -0.2) is 36.1 Å². The van der Waals surface area contributed by atoms with Crippen LogP contribution in [0.4, 0.5) is 20.4 Å². The molecule has 2 heterocycles. The third-order valence-electron chi connectivity index (χ3n) is 3.33. The molecule has 1 saturated heterocycles. The summed E-state index contributed by atoms with van der Waals surface area (Å²) in [6.45, 7) is 2.81. The van der Waals surface area contributed by atoms with Crippen LogP contribution >= 0.6 is 0 Å². The van der Waals surface area contributed by atoms with Gasteiger partial charge in [-0.25, -0.2) is 18.7 Å². The topological polar surface area (TPSA) is 32.3 Å². The van der Waals surface area contributed by atoms with Crippen molar-refractivity contribution in [3.8, 4) is 0 Å². The maximum absolute atomic E-state index is 13.2. The molecular weight excluding hydrogens is 262 g/mol. The van der Waals surface area contributed by atoms with Gasteiger partial charge in [0.05, 0.1) is 0 Å². The lowest BCUT2D eigenvalue weighted by molar-refractivity contribution is 0.578. The summed E-state index contributed by atoms with van der Waals surface area (Å²) in [5.41, 5.74) is 0.580. The summed E-state index contributed by atoms with van der Waals surface area (Å²) in [7, 11) is 0. The number of aromatic nitrogens is 2. The summed E-state index contributed by atoms with van der Waals surface area (Å²) in [4.78, 5) is 12.4. The Bertz CT molecular complexity index is 563. The number of halogens is 2. The predicted molar refractivity (Wildman–Crippen MR) is 72.8 cm³/mol. The molecule has 20 heavy (non-hydrogen) atoms. The molecule has 1 fully saturated rings. The van der Waals surface area contributed by atoms with Crippen molar-refractivity contribution in [1.29, 1.82) is 0 Å². The molecule has 0 radical (unpaired) electrons. The summed E-state index contributed by atoms with van der Waals surface area (Å²) in [6, 6.07) is 5.38. The number of hydrogen-bond acceptors (Lipinski definition) is 4. The molecule has 104 valence electrons. The van der Waals surface area contributed by atoms with Gasteiger partial charge in [0.25, 0.3) is 0 Å². The van der Waals surface area contributed by atoms with E-state index in [4.69, 9.17) is 0 Å². The maximum Gasteiger partial charge on any atom is 0.225 e. The first-order valence-electron chi connectivity index (χ1n) is 6.45. The third kappa shape index (κ3) is 2.68. The largest absolute Gasteiger partial charge is 0.368 e. The van der Waals surface area contributed by atoms with Crippen molar-refractivity contribution in [2.24, 2.45) is 0 Å². The average Bonchev–Trinajstić information content (AvgIpc) is 2.47. The molecule has 3 rings (SSSR count). The van der Waals surface area contributed by atoms with Gasteiger partial charge in [-0.2, -0.15) is 0 Å². The number of nitrogens with zero attached hydrogens (tertiary/aromatic N) is 4. The lowest BCUT2D eigenvalue weighted by Crippen LogP contribution is -2.47. The third-order valence-corrected chi connectivity index (χ3v) is 3.33. The number of hydrogen-bond donors (Lipinski definition) is 0. The van der Waals surface area contributed by atoms with Gasteiger partial charge < -0.3 is 9.80 Å². The van der Waals surface area contributed by atoms with Gasteiger partial charge in [-0.1, -0.05) is 0 Å². The van der Waals surface area contributed by atoms with E-state index in [-0.39, 0.29) is 0 Å². The van der Waals surface area contributed by atoms with Crippen molar-refractivity contribution in [3.05, 3.63) is 48.3 Å². The number of rotatable bonds is 2. The maximum atomic E-state index is 13.2. The van der Waals surface area contributed by atoms with E-state index in [0.29, 0.717) is 24.7 Å². The van der Waals surface area contributed by atoms with Crippen LogP contribution in [-0.2, 0) is 0 Å². The van der Waals surface area contributed by atoms with Crippen LogP contribution in [0.5, 0.6) is 0 Å². The van der Waals surface area contributed by atoms with Gasteiger partial charge in [-0.15, -0.1) is 0 Å². The molecule has 2 aromatic rings. The first-order chi connectivity index (χ1) is 9.72. The highest BCUT2D eigenvalue weighted by atomic mass is 19.1. The Hall–Kier alpha value is -2.24. The number of piperazine rings is 1. The van der Waals surface area contributed by atoms with Crippen molar-refractivity contribution in [3.63, 3.8) is 0 Å². The highest BCUT2D eigenvalue weighted by molar-refractivity contribution is 5.49. The van der Waals surface area contributed by atoms with Crippen LogP contribution < -0.4 is 9.80 Å². The smallest absolute Gasteiger partial charge is 0.225 e. The highest BCUT2D eigenvalue weighted by Crippen LogP contribution is 2.20. The minimum absolute atomic E-state index is 0.547. The summed E-state index contributed by atoms with van der Waals surface area (Å²) in [5.74, 6) is -0.403. The van der Waals surface area contributed by atoms with Crippen molar-refractivity contribution in [1.82, 2.24) is 9.97 Å². The Morgan fingerprint density at radius 3 is 1.95 bits per heavy atom. The second-order valence-electron chi connectivity index (χ2n) is 4.65. The van der Waals surface area contributed by atoms with Gasteiger partial charge >= 0.3 is 0 Å². The van der Waals surface area contributed by atoms with E-state index in [2.05, 4.69) is 14.9 Å². The molecule has 0 aliphatic carbocycles. The zero-order chi connectivity index (χ0) is 13.9. The molecule has 1 aliphatic rings. The molecule has 1 aromatic carbocycles. The van der Waals surface area contributed by atoms with Crippen LogP contribution in [0, 0.1) is 11.6 Å². The second-order valence-corrected chi connectivity index (χ2v) is 4.65. The van der Waals surface area contributed by atoms with E-state index < -0.39 is 11.6 Å². The monoisotopic (exact) mass is 276 g/mol. The molecule has 6 heteroatoms. The average molecular weight is 276 g/mol. The minimum Gasteiger partial charge on any atom is -0.368 e. The van der Waals surface area contributed by atoms with Gasteiger partial charge in [0.1, 0.15) is 11.6 Å². The van der Waals surface area contributed by atoms with Crippen molar-refractivity contribution >= 4 is 11.6 Å². The van der Waals surface area contributed by atoms with E-state index in [1.165, 1.54) is 12.1 Å². The van der Waals surface area contributed by atoms with Crippen LogP contribution in [0.15, 0.2) is 36.7 Å². The summed E-state index contributed by atoms with van der Waals surface area (Å²) < 4.78 is 26.5. The number of anilines is 2. The fourth-order valence-corrected chi connectivity index (χ4v) is 2.34. The second kappa shape index (κ2) is 5.40. The van der Waals surface area contributed by atoms with Crippen molar-refractivity contribution in [2.45, 2.75) is 0 Å². The molecule has 0 atom stereocenters. The minimum atomic E-state index is -0.547. The molecule has 1 aromatic heterocycles. The molecule has 0 unspecified atom stereocenters. The lowest BCUT2D eigenvalue weighted by Gasteiger charge is -2.36. The fraction of sp³-hybridized carbons (Fsp3) is 0.286. The Kier molecular flexibility index (Phi) is 3.45. The van der Waals surface area contributed by atoms with Gasteiger partial charge in [-0.3, -0.25) is 0 Å². The number of benzene rings is 1. The standard InChI is InChI=1S/C14H14F2N4/c15-11-8-12(16)10-13(9-11)19-4-6-20(7-5-19)14-17-2-1-3-18-14/h1-3,8-10H,4-7H2. The Labute approximate surface area is 115 Å². The van der Waals surface area contributed by atoms with E-state index in [0.717, 1.165) is 19.2 Å². The Morgan fingerprint density at radius 1 is 0.800 bits per heavy atom. The first-order valence-corrected chi connectivity index (χ1v) is 6.45. The van der Waals surface area contributed by atoms with E-state index in [9.17, 15) is 8.78 Å². The van der Waals surface area contributed by atoms with Crippen molar-refractivity contribution in [2.75, 3.05) is 36.0 Å². The SMILES string of the molecule is Fc1cc(F)cc(N2CCN(c3ncccn3)CC2)c1. The van der Waals surface area contributed by atoms with E-state index >= 15 is 0 Å². The van der Waals surface area contributed by atoms with Crippen LogP contribution in [0.2, 0.25) is 0 Å². The molecule has 0 N–H and O–H groups in total. The molecular formula is C14H14F2N4. The Morgan fingerprint density at radius 2 is 1.35 bits per heavy atom. The quantitative estimate of drug-likeness (QED) is 0.840. The molecule has 0 saturated carbocycles. The van der Waals surface area contributed by atoms with Crippen LogP contribution in [0.1, 0.15) is 0 Å². The van der Waals surface area contributed by atoms with E-state index in [1.54, 1.807) is 18.5 Å². The molecule has 0 spiro atoms. The predicted octanol–water partition coefficient (Wildman–Crippen LogP) is 2.08.